The number of carbonyl (C=O) groups is 1. The van der Waals surface area contributed by atoms with Crippen molar-refractivity contribution in [1.82, 2.24) is 9.62 Å². The van der Waals surface area contributed by atoms with Crippen LogP contribution in [0.15, 0.2) is 66.6 Å². The fourth-order valence-corrected chi connectivity index (χ4v) is 4.09. The number of nitrogens with zero attached hydrogens (tertiary/aromatic N) is 1. The molecular formula is C28H32N2O4S. The van der Waals surface area contributed by atoms with Crippen molar-refractivity contribution in [3.63, 3.8) is 0 Å². The third kappa shape index (κ3) is 8.22. The molecule has 0 aliphatic carbocycles. The molecule has 0 atom stereocenters. The van der Waals surface area contributed by atoms with Crippen LogP contribution in [0.25, 0.3) is 0 Å². The van der Waals surface area contributed by atoms with Crippen LogP contribution < -0.4 is 14.2 Å². The lowest BCUT2D eigenvalue weighted by atomic mass is 10.0. The van der Waals surface area contributed by atoms with Gasteiger partial charge in [-0.2, -0.15) is 0 Å². The number of rotatable bonds is 12. The first-order valence-corrected chi connectivity index (χ1v) is 12.4. The Morgan fingerprint density at radius 2 is 1.80 bits per heavy atom. The predicted octanol–water partition coefficient (Wildman–Crippen LogP) is 4.65. The molecular weight excluding hydrogens is 460 g/mol. The summed E-state index contributed by atoms with van der Waals surface area (Å²) in [7, 11) is 0. The Balaban J connectivity index is 1.71. The largest absolute Gasteiger partial charge is 0.489 e. The van der Waals surface area contributed by atoms with E-state index in [2.05, 4.69) is 46.8 Å². The van der Waals surface area contributed by atoms with Gasteiger partial charge in [-0.25, -0.2) is 0 Å². The van der Waals surface area contributed by atoms with E-state index in [0.29, 0.717) is 30.1 Å². The molecule has 0 bridgehead atoms. The number of morpholine rings is 1. The molecule has 2 aromatic rings. The summed E-state index contributed by atoms with van der Waals surface area (Å²) in [5.41, 5.74) is 2.47. The first kappa shape index (κ1) is 26.4. The van der Waals surface area contributed by atoms with Crippen molar-refractivity contribution in [2.45, 2.75) is 24.8 Å². The Hall–Kier alpha value is -3.18. The molecule has 0 aromatic heterocycles. The van der Waals surface area contributed by atoms with E-state index < -0.39 is 0 Å². The molecule has 0 spiro atoms. The third-order valence-corrected chi connectivity index (χ3v) is 6.07. The lowest BCUT2D eigenvalue weighted by molar-refractivity contribution is 0.0342. The van der Waals surface area contributed by atoms with E-state index in [1.807, 2.05) is 12.1 Å². The lowest BCUT2D eigenvalue weighted by Gasteiger charge is -2.26. The fourth-order valence-electron chi connectivity index (χ4n) is 3.50. The molecule has 184 valence electrons. The average molecular weight is 493 g/mol. The van der Waals surface area contributed by atoms with Gasteiger partial charge >= 0.3 is 0 Å². The van der Waals surface area contributed by atoms with Crippen molar-refractivity contribution in [1.29, 1.82) is 0 Å². The van der Waals surface area contributed by atoms with Crippen molar-refractivity contribution in [2.24, 2.45) is 0 Å². The standard InChI is InChI=1S/C28H32N2O4S/c1-4-7-8-23-19-25(27(34-16-6-3)20-26(23)33-15-5-2)28(31)29-35-24-11-9-22(10-12-24)21-30-13-17-32-18-14-30/h5-6,9-12,19-20H,2-3,8,13-18,21H2,1H3,(H,29,31). The molecule has 1 aliphatic rings. The van der Waals surface area contributed by atoms with Gasteiger partial charge in [-0.15, -0.1) is 5.92 Å². The molecule has 2 aromatic carbocycles. The summed E-state index contributed by atoms with van der Waals surface area (Å²) in [5.74, 6) is 6.72. The van der Waals surface area contributed by atoms with Gasteiger partial charge < -0.3 is 14.2 Å². The molecule has 1 N–H and O–H groups in total. The second-order valence-corrected chi connectivity index (χ2v) is 8.70. The fraction of sp³-hybridized carbons (Fsp3) is 0.321. The van der Waals surface area contributed by atoms with Crippen LogP contribution in [-0.4, -0.2) is 50.3 Å². The van der Waals surface area contributed by atoms with E-state index in [1.165, 1.54) is 17.5 Å². The van der Waals surface area contributed by atoms with Gasteiger partial charge in [0.1, 0.15) is 24.7 Å². The van der Waals surface area contributed by atoms with E-state index in [1.54, 1.807) is 31.2 Å². The number of ether oxygens (including phenoxy) is 3. The van der Waals surface area contributed by atoms with Crippen LogP contribution in [0, 0.1) is 11.8 Å². The summed E-state index contributed by atoms with van der Waals surface area (Å²) in [4.78, 5) is 16.5. The van der Waals surface area contributed by atoms with Gasteiger partial charge in [0.2, 0.25) is 0 Å². The number of carbonyl (C=O) groups excluding carboxylic acids is 1. The van der Waals surface area contributed by atoms with E-state index >= 15 is 0 Å². The van der Waals surface area contributed by atoms with E-state index in [9.17, 15) is 4.79 Å². The highest BCUT2D eigenvalue weighted by Gasteiger charge is 2.18. The zero-order valence-corrected chi connectivity index (χ0v) is 21.0. The van der Waals surface area contributed by atoms with Gasteiger partial charge in [0.25, 0.3) is 5.91 Å². The van der Waals surface area contributed by atoms with E-state index in [-0.39, 0.29) is 12.5 Å². The first-order chi connectivity index (χ1) is 17.1. The van der Waals surface area contributed by atoms with Crippen LogP contribution in [0.5, 0.6) is 11.5 Å². The smallest absolute Gasteiger partial charge is 0.265 e. The number of benzene rings is 2. The second-order valence-electron chi connectivity index (χ2n) is 7.82. The Morgan fingerprint density at radius 3 is 2.46 bits per heavy atom. The van der Waals surface area contributed by atoms with Crippen molar-refractivity contribution in [3.8, 4) is 23.3 Å². The lowest BCUT2D eigenvalue weighted by Crippen LogP contribution is -2.35. The molecule has 1 amide bonds. The topological polar surface area (TPSA) is 60.0 Å². The molecule has 1 fully saturated rings. The maximum Gasteiger partial charge on any atom is 0.265 e. The highest BCUT2D eigenvalue weighted by molar-refractivity contribution is 7.98. The highest BCUT2D eigenvalue weighted by atomic mass is 32.2. The Morgan fingerprint density at radius 1 is 1.11 bits per heavy atom. The molecule has 1 aliphatic heterocycles. The summed E-state index contributed by atoms with van der Waals surface area (Å²) >= 11 is 1.27. The second kappa shape index (κ2) is 14.3. The summed E-state index contributed by atoms with van der Waals surface area (Å²) in [6.45, 7) is 14.2. The van der Waals surface area contributed by atoms with Gasteiger partial charge in [-0.05, 0) is 42.6 Å². The maximum absolute atomic E-state index is 13.1. The molecule has 1 heterocycles. The Bertz CT molecular complexity index is 1070. The molecule has 3 rings (SSSR count). The highest BCUT2D eigenvalue weighted by Crippen LogP contribution is 2.31. The van der Waals surface area contributed by atoms with Crippen LogP contribution in [0.1, 0.15) is 28.4 Å². The van der Waals surface area contributed by atoms with Crippen molar-refractivity contribution < 1.29 is 19.0 Å². The summed E-state index contributed by atoms with van der Waals surface area (Å²) in [5, 5.41) is 0. The van der Waals surface area contributed by atoms with Gasteiger partial charge in [-0.3, -0.25) is 14.4 Å². The molecule has 0 radical (unpaired) electrons. The molecule has 7 heteroatoms. The maximum atomic E-state index is 13.1. The van der Waals surface area contributed by atoms with Crippen molar-refractivity contribution >= 4 is 17.9 Å². The first-order valence-electron chi connectivity index (χ1n) is 11.5. The van der Waals surface area contributed by atoms with Crippen LogP contribution in [-0.2, 0) is 17.7 Å². The van der Waals surface area contributed by atoms with E-state index in [4.69, 9.17) is 14.2 Å². The van der Waals surface area contributed by atoms with Gasteiger partial charge in [0, 0.05) is 42.6 Å². The number of nitrogens with one attached hydrogen (secondary N) is 1. The summed E-state index contributed by atoms with van der Waals surface area (Å²) in [6, 6.07) is 11.7. The van der Waals surface area contributed by atoms with Gasteiger partial charge in [0.15, 0.2) is 0 Å². The quantitative estimate of drug-likeness (QED) is 0.264. The minimum Gasteiger partial charge on any atom is -0.489 e. The van der Waals surface area contributed by atoms with Crippen LogP contribution in [0.2, 0.25) is 0 Å². The van der Waals surface area contributed by atoms with Crippen LogP contribution in [0.3, 0.4) is 0 Å². The number of hydrogen-bond donors (Lipinski definition) is 1. The average Bonchev–Trinajstić information content (AvgIpc) is 2.89. The summed E-state index contributed by atoms with van der Waals surface area (Å²) in [6.07, 6.45) is 3.77. The van der Waals surface area contributed by atoms with E-state index in [0.717, 1.165) is 43.3 Å². The summed E-state index contributed by atoms with van der Waals surface area (Å²) < 4.78 is 19.9. The zero-order chi connectivity index (χ0) is 24.9. The predicted molar refractivity (Wildman–Crippen MR) is 141 cm³/mol. The van der Waals surface area contributed by atoms with Crippen LogP contribution in [0.4, 0.5) is 0 Å². The van der Waals surface area contributed by atoms with Crippen molar-refractivity contribution in [2.75, 3.05) is 39.5 Å². The number of amides is 1. The van der Waals surface area contributed by atoms with Gasteiger partial charge in [0.05, 0.1) is 18.8 Å². The number of hydrogen-bond acceptors (Lipinski definition) is 6. The molecule has 6 nitrogen and oxygen atoms in total. The molecule has 0 unspecified atom stereocenters. The molecule has 0 saturated carbocycles. The minimum atomic E-state index is -0.257. The SMILES string of the molecule is C=CCOc1cc(OCC=C)c(C(=O)NSc2ccc(CN3CCOCC3)cc2)cc1CC#CC. The molecule has 1 saturated heterocycles. The molecule has 35 heavy (non-hydrogen) atoms. The van der Waals surface area contributed by atoms with Crippen molar-refractivity contribution in [3.05, 3.63) is 78.4 Å². The third-order valence-electron chi connectivity index (χ3n) is 5.27. The van der Waals surface area contributed by atoms with Gasteiger partial charge in [-0.1, -0.05) is 43.4 Å². The Labute approximate surface area is 212 Å². The normalized spacial score (nSPS) is 13.3. The monoisotopic (exact) mass is 492 g/mol. The zero-order valence-electron chi connectivity index (χ0n) is 20.2. The Kier molecular flexibility index (Phi) is 10.8. The van der Waals surface area contributed by atoms with Crippen LogP contribution >= 0.6 is 11.9 Å². The minimum absolute atomic E-state index is 0.257.